The van der Waals surface area contributed by atoms with E-state index in [1.54, 1.807) is 0 Å². The third kappa shape index (κ3) is 3.12. The van der Waals surface area contributed by atoms with Gasteiger partial charge in [-0.2, -0.15) is 0 Å². The molecule has 0 radical (unpaired) electrons. The average molecular weight is 486 g/mol. The molecule has 0 N–H and O–H groups in total. The highest BCUT2D eigenvalue weighted by Crippen LogP contribution is 2.38. The molecule has 0 aliphatic carbocycles. The van der Waals surface area contributed by atoms with Crippen LogP contribution in [0, 0.1) is 0 Å². The van der Waals surface area contributed by atoms with Crippen LogP contribution in [0.2, 0.25) is 0 Å². The van der Waals surface area contributed by atoms with Crippen LogP contribution in [0.3, 0.4) is 0 Å². The van der Waals surface area contributed by atoms with E-state index in [0.29, 0.717) is 0 Å². The Morgan fingerprint density at radius 3 is 2.18 bits per heavy atom. The van der Waals surface area contributed by atoms with Crippen molar-refractivity contribution in [3.63, 3.8) is 0 Å². The molecule has 0 saturated carbocycles. The van der Waals surface area contributed by atoms with Crippen LogP contribution in [-0.4, -0.2) is 14.1 Å². The van der Waals surface area contributed by atoms with Gasteiger partial charge in [0.2, 0.25) is 0 Å². The molecule has 178 valence electrons. The fraction of sp³-hybridized carbons (Fsp3) is 0. The molecule has 0 atom stereocenters. The Hall–Kier alpha value is -5.15. The molecule has 8 rings (SSSR count). The van der Waals surface area contributed by atoms with E-state index < -0.39 is 0 Å². The molecule has 3 nitrogen and oxygen atoms in total. The highest BCUT2D eigenvalue weighted by molar-refractivity contribution is 6.20. The number of aromatic nitrogens is 3. The third-order valence-electron chi connectivity index (χ3n) is 7.61. The summed E-state index contributed by atoms with van der Waals surface area (Å²) in [7, 11) is 0. The minimum atomic E-state index is 1.12. The summed E-state index contributed by atoms with van der Waals surface area (Å²) in [5, 5.41) is 6.26. The van der Waals surface area contributed by atoms with Crippen LogP contribution in [0.25, 0.3) is 66.0 Å². The first kappa shape index (κ1) is 21.0. The summed E-state index contributed by atoms with van der Waals surface area (Å²) in [6.45, 7) is 0. The van der Waals surface area contributed by atoms with E-state index in [1.165, 1.54) is 49.2 Å². The topological polar surface area (TPSA) is 22.8 Å². The molecule has 3 heteroatoms. The van der Waals surface area contributed by atoms with Gasteiger partial charge in [0.1, 0.15) is 0 Å². The zero-order valence-electron chi connectivity index (χ0n) is 20.6. The molecule has 8 aromatic rings. The number of pyridine rings is 1. The second-order valence-corrected chi connectivity index (χ2v) is 9.76. The Labute approximate surface area is 219 Å². The van der Waals surface area contributed by atoms with Gasteiger partial charge in [-0.1, -0.05) is 66.7 Å². The Morgan fingerprint density at radius 1 is 0.500 bits per heavy atom. The molecule has 5 aromatic carbocycles. The average Bonchev–Trinajstić information content (AvgIpc) is 3.56. The molecule has 0 spiro atoms. The molecule has 3 aromatic heterocycles. The highest BCUT2D eigenvalue weighted by Gasteiger charge is 2.16. The second-order valence-electron chi connectivity index (χ2n) is 9.76. The van der Waals surface area contributed by atoms with Crippen molar-refractivity contribution in [2.45, 2.75) is 0 Å². The van der Waals surface area contributed by atoms with Gasteiger partial charge in [-0.15, -0.1) is 0 Å². The molecular formula is C35H23N3. The van der Waals surface area contributed by atoms with Crippen LogP contribution in [0.15, 0.2) is 140 Å². The third-order valence-corrected chi connectivity index (χ3v) is 7.61. The van der Waals surface area contributed by atoms with Crippen molar-refractivity contribution in [1.29, 1.82) is 0 Å². The van der Waals surface area contributed by atoms with Crippen LogP contribution in [0.4, 0.5) is 0 Å². The lowest BCUT2D eigenvalue weighted by Crippen LogP contribution is -1.95. The predicted octanol–water partition coefficient (Wildman–Crippen LogP) is 8.94. The van der Waals surface area contributed by atoms with Crippen LogP contribution in [-0.2, 0) is 0 Å². The van der Waals surface area contributed by atoms with Gasteiger partial charge in [0.05, 0.1) is 16.6 Å². The molecule has 0 aliphatic rings. The van der Waals surface area contributed by atoms with E-state index in [1.807, 2.05) is 18.5 Å². The Bertz CT molecular complexity index is 2100. The summed E-state index contributed by atoms with van der Waals surface area (Å²) in [6, 6.07) is 43.6. The van der Waals surface area contributed by atoms with E-state index in [9.17, 15) is 0 Å². The molecule has 0 saturated heterocycles. The van der Waals surface area contributed by atoms with Crippen molar-refractivity contribution in [3.05, 3.63) is 140 Å². The molecule has 0 aliphatic heterocycles. The second kappa shape index (κ2) is 8.19. The molecule has 0 fully saturated rings. The van der Waals surface area contributed by atoms with Crippen LogP contribution in [0.1, 0.15) is 0 Å². The van der Waals surface area contributed by atoms with Gasteiger partial charge in [-0.3, -0.25) is 4.98 Å². The first-order chi connectivity index (χ1) is 18.8. The quantitative estimate of drug-likeness (QED) is 0.245. The van der Waals surface area contributed by atoms with Crippen molar-refractivity contribution in [1.82, 2.24) is 14.1 Å². The first-order valence-corrected chi connectivity index (χ1v) is 12.9. The number of hydrogen-bond acceptors (Lipinski definition) is 1. The van der Waals surface area contributed by atoms with Crippen molar-refractivity contribution in [2.75, 3.05) is 0 Å². The van der Waals surface area contributed by atoms with E-state index >= 15 is 0 Å². The van der Waals surface area contributed by atoms with Gasteiger partial charge in [0.15, 0.2) is 0 Å². The SMILES string of the molecule is c1ccc(-n2ccc3cc4ccc5c6ccccc6n(-c6ccc(-c7cccnc7)cc6)c5c4cc32)cc1. The van der Waals surface area contributed by atoms with Gasteiger partial charge in [0, 0.05) is 51.5 Å². The zero-order chi connectivity index (χ0) is 25.1. The van der Waals surface area contributed by atoms with E-state index in [4.69, 9.17) is 0 Å². The summed E-state index contributed by atoms with van der Waals surface area (Å²) < 4.78 is 4.70. The fourth-order valence-corrected chi connectivity index (χ4v) is 5.83. The maximum absolute atomic E-state index is 4.29. The molecular weight excluding hydrogens is 462 g/mol. The largest absolute Gasteiger partial charge is 0.317 e. The number of rotatable bonds is 3. The summed E-state index contributed by atoms with van der Waals surface area (Å²) >= 11 is 0. The Kier molecular flexibility index (Phi) is 4.52. The van der Waals surface area contributed by atoms with Crippen molar-refractivity contribution in [3.8, 4) is 22.5 Å². The van der Waals surface area contributed by atoms with Gasteiger partial charge in [-0.05, 0) is 71.1 Å². The van der Waals surface area contributed by atoms with Crippen molar-refractivity contribution in [2.24, 2.45) is 0 Å². The predicted molar refractivity (Wildman–Crippen MR) is 158 cm³/mol. The minimum Gasteiger partial charge on any atom is -0.317 e. The van der Waals surface area contributed by atoms with Crippen molar-refractivity contribution < 1.29 is 0 Å². The fourth-order valence-electron chi connectivity index (χ4n) is 5.83. The molecule has 0 bridgehead atoms. The Morgan fingerprint density at radius 2 is 1.34 bits per heavy atom. The van der Waals surface area contributed by atoms with Gasteiger partial charge in [-0.25, -0.2) is 0 Å². The number of fused-ring (bicyclic) bond motifs is 6. The van der Waals surface area contributed by atoms with E-state index in [-0.39, 0.29) is 0 Å². The molecule has 0 amide bonds. The van der Waals surface area contributed by atoms with Crippen molar-refractivity contribution >= 4 is 43.5 Å². The monoisotopic (exact) mass is 485 g/mol. The smallest absolute Gasteiger partial charge is 0.0620 e. The maximum Gasteiger partial charge on any atom is 0.0620 e. The van der Waals surface area contributed by atoms with Gasteiger partial charge >= 0.3 is 0 Å². The zero-order valence-corrected chi connectivity index (χ0v) is 20.6. The van der Waals surface area contributed by atoms with Gasteiger partial charge < -0.3 is 9.13 Å². The number of nitrogens with zero attached hydrogens (tertiary/aromatic N) is 3. The summed E-state index contributed by atoms with van der Waals surface area (Å²) in [5.41, 5.74) is 8.25. The standard InChI is InChI=1S/C35H23N3/c1-2-8-28(9-3-1)37-20-18-26-21-25-14-17-31-30-10-4-5-11-33(30)38(35(31)32(25)22-34(26)37)29-15-12-24(13-16-29)27-7-6-19-36-23-27/h1-23H. The molecule has 0 unspecified atom stereocenters. The Balaban J connectivity index is 1.43. The molecule has 3 heterocycles. The summed E-state index contributed by atoms with van der Waals surface area (Å²) in [6.07, 6.45) is 5.89. The molecule has 38 heavy (non-hydrogen) atoms. The van der Waals surface area contributed by atoms with E-state index in [2.05, 4.69) is 136 Å². The summed E-state index contributed by atoms with van der Waals surface area (Å²) in [5.74, 6) is 0. The number of hydrogen-bond donors (Lipinski definition) is 0. The van der Waals surface area contributed by atoms with E-state index in [0.717, 1.165) is 16.8 Å². The van der Waals surface area contributed by atoms with Crippen LogP contribution < -0.4 is 0 Å². The lowest BCUT2D eigenvalue weighted by Gasteiger charge is -2.12. The minimum absolute atomic E-state index is 1.12. The normalized spacial score (nSPS) is 11.7. The maximum atomic E-state index is 4.29. The van der Waals surface area contributed by atoms with Gasteiger partial charge in [0.25, 0.3) is 0 Å². The van der Waals surface area contributed by atoms with Crippen LogP contribution in [0.5, 0.6) is 0 Å². The van der Waals surface area contributed by atoms with Crippen LogP contribution >= 0.6 is 0 Å². The summed E-state index contributed by atoms with van der Waals surface area (Å²) in [4.78, 5) is 4.29. The highest BCUT2D eigenvalue weighted by atomic mass is 15.0. The number of benzene rings is 5. The lowest BCUT2D eigenvalue weighted by molar-refractivity contribution is 1.13. The lowest BCUT2D eigenvalue weighted by atomic mass is 10.0. The number of para-hydroxylation sites is 2. The first-order valence-electron chi connectivity index (χ1n) is 12.9.